The van der Waals surface area contributed by atoms with Crippen LogP contribution in [0.4, 0.5) is 13.2 Å². The van der Waals surface area contributed by atoms with Gasteiger partial charge in [-0.15, -0.1) is 13.2 Å². The third-order valence-electron chi connectivity index (χ3n) is 3.23. The van der Waals surface area contributed by atoms with Crippen molar-refractivity contribution in [1.82, 2.24) is 9.29 Å². The Morgan fingerprint density at radius 3 is 2.62 bits per heavy atom. The van der Waals surface area contributed by atoms with Crippen LogP contribution in [0.3, 0.4) is 0 Å². The summed E-state index contributed by atoms with van der Waals surface area (Å²) in [5.74, 6) is -0.639. The lowest BCUT2D eigenvalue weighted by Gasteiger charge is -2.21. The van der Waals surface area contributed by atoms with Crippen LogP contribution in [0.15, 0.2) is 53.7 Å². The van der Waals surface area contributed by atoms with Crippen LogP contribution in [0.25, 0.3) is 0 Å². The molecule has 0 unspecified atom stereocenters. The molecule has 0 saturated carbocycles. The molecule has 1 heterocycles. The van der Waals surface area contributed by atoms with E-state index in [-0.39, 0.29) is 24.4 Å². The maximum absolute atomic E-state index is 12.8. The average molecular weight is 385 g/mol. The van der Waals surface area contributed by atoms with Crippen molar-refractivity contribution in [3.8, 4) is 11.8 Å². The fourth-order valence-electron chi connectivity index (χ4n) is 2.14. The van der Waals surface area contributed by atoms with Crippen molar-refractivity contribution < 1.29 is 26.3 Å². The van der Waals surface area contributed by atoms with Crippen LogP contribution in [-0.4, -0.2) is 30.6 Å². The van der Waals surface area contributed by atoms with Gasteiger partial charge in [-0.1, -0.05) is 12.1 Å². The second-order valence-corrected chi connectivity index (χ2v) is 7.07. The molecule has 1 aromatic heterocycles. The summed E-state index contributed by atoms with van der Waals surface area (Å²) >= 11 is 0. The number of sulfonamides is 1. The zero-order chi connectivity index (χ0) is 19.2. The molecule has 2 aromatic rings. The van der Waals surface area contributed by atoms with Gasteiger partial charge in [0.2, 0.25) is 10.0 Å². The molecule has 0 amide bonds. The molecular weight excluding hydrogens is 371 g/mol. The molecule has 0 saturated heterocycles. The molecule has 0 fully saturated rings. The van der Waals surface area contributed by atoms with Crippen molar-refractivity contribution in [3.05, 3.63) is 54.4 Å². The molecule has 0 aliphatic rings. The van der Waals surface area contributed by atoms with Gasteiger partial charge < -0.3 is 4.74 Å². The predicted molar refractivity (Wildman–Crippen MR) is 85.2 cm³/mol. The Hall–Kier alpha value is -2.64. The normalized spacial score (nSPS) is 12.0. The van der Waals surface area contributed by atoms with Gasteiger partial charge >= 0.3 is 6.36 Å². The molecular formula is C16H14F3N3O3S. The Morgan fingerprint density at radius 1 is 1.23 bits per heavy atom. The zero-order valence-corrected chi connectivity index (χ0v) is 14.2. The van der Waals surface area contributed by atoms with E-state index in [0.717, 1.165) is 22.5 Å². The van der Waals surface area contributed by atoms with Crippen LogP contribution >= 0.6 is 0 Å². The quantitative estimate of drug-likeness (QED) is 0.731. The number of hydrogen-bond donors (Lipinski definition) is 0. The maximum Gasteiger partial charge on any atom is 0.573 e. The van der Waals surface area contributed by atoms with E-state index in [0.29, 0.717) is 5.56 Å². The van der Waals surface area contributed by atoms with Gasteiger partial charge in [-0.2, -0.15) is 9.57 Å². The van der Waals surface area contributed by atoms with Gasteiger partial charge in [-0.05, 0) is 23.8 Å². The average Bonchev–Trinajstić information content (AvgIpc) is 2.58. The van der Waals surface area contributed by atoms with Gasteiger partial charge in [-0.25, -0.2) is 8.42 Å². The summed E-state index contributed by atoms with van der Waals surface area (Å²) in [4.78, 5) is 3.54. The minimum absolute atomic E-state index is 0.0673. The van der Waals surface area contributed by atoms with E-state index in [1.165, 1.54) is 18.5 Å². The van der Waals surface area contributed by atoms with E-state index in [4.69, 9.17) is 5.26 Å². The first kappa shape index (κ1) is 19.7. The van der Waals surface area contributed by atoms with Crippen molar-refractivity contribution in [2.45, 2.75) is 24.2 Å². The number of benzene rings is 1. The molecule has 10 heteroatoms. The Balaban J connectivity index is 2.34. The number of ether oxygens (including phenoxy) is 1. The van der Waals surface area contributed by atoms with Gasteiger partial charge in [0.1, 0.15) is 5.75 Å². The highest BCUT2D eigenvalue weighted by molar-refractivity contribution is 7.89. The highest BCUT2D eigenvalue weighted by Crippen LogP contribution is 2.27. The highest BCUT2D eigenvalue weighted by atomic mass is 32.2. The molecule has 0 bridgehead atoms. The molecule has 0 spiro atoms. The van der Waals surface area contributed by atoms with Crippen LogP contribution in [0.1, 0.15) is 12.0 Å². The second kappa shape index (κ2) is 8.16. The zero-order valence-electron chi connectivity index (χ0n) is 13.3. The first-order valence-electron chi connectivity index (χ1n) is 7.34. The fourth-order valence-corrected chi connectivity index (χ4v) is 3.60. The number of pyridine rings is 1. The van der Waals surface area contributed by atoms with Gasteiger partial charge in [0.05, 0.1) is 11.0 Å². The standard InChI is InChI=1S/C16H14F3N3O3S/c17-16(18,19)25-14-5-1-6-15(10-14)26(23,24)22(9-3-7-20)12-13-4-2-8-21-11-13/h1-2,4-6,8,10-11H,3,9,12H2. The van der Waals surface area contributed by atoms with Crippen LogP contribution in [0.5, 0.6) is 5.75 Å². The smallest absolute Gasteiger partial charge is 0.406 e. The lowest BCUT2D eigenvalue weighted by molar-refractivity contribution is -0.274. The lowest BCUT2D eigenvalue weighted by atomic mass is 10.3. The number of aromatic nitrogens is 1. The second-order valence-electron chi connectivity index (χ2n) is 5.13. The van der Waals surface area contributed by atoms with Gasteiger partial charge in [0, 0.05) is 38.0 Å². The monoisotopic (exact) mass is 385 g/mol. The largest absolute Gasteiger partial charge is 0.573 e. The summed E-state index contributed by atoms with van der Waals surface area (Å²) in [5, 5.41) is 8.76. The van der Waals surface area contributed by atoms with Gasteiger partial charge in [0.25, 0.3) is 0 Å². The highest BCUT2D eigenvalue weighted by Gasteiger charge is 2.32. The third-order valence-corrected chi connectivity index (χ3v) is 5.07. The molecule has 0 radical (unpaired) electrons. The van der Waals surface area contributed by atoms with E-state index < -0.39 is 22.1 Å². The van der Waals surface area contributed by atoms with Crippen molar-refractivity contribution >= 4 is 10.0 Å². The Labute approximate surface area is 148 Å². The maximum atomic E-state index is 12.8. The molecule has 2 rings (SSSR count). The van der Waals surface area contributed by atoms with Crippen molar-refractivity contribution in [1.29, 1.82) is 5.26 Å². The molecule has 138 valence electrons. The van der Waals surface area contributed by atoms with Gasteiger partial charge in [-0.3, -0.25) is 4.98 Å². The number of nitriles is 1. The molecule has 0 atom stereocenters. The fraction of sp³-hybridized carbons (Fsp3) is 0.250. The summed E-state index contributed by atoms with van der Waals surface area (Å²) in [5.41, 5.74) is 0.580. The van der Waals surface area contributed by atoms with Crippen LogP contribution < -0.4 is 4.74 Å². The molecule has 1 aromatic carbocycles. The van der Waals surface area contributed by atoms with E-state index in [1.54, 1.807) is 12.1 Å². The number of alkyl halides is 3. The molecule has 0 N–H and O–H groups in total. The van der Waals surface area contributed by atoms with Crippen LogP contribution in [-0.2, 0) is 16.6 Å². The van der Waals surface area contributed by atoms with Crippen molar-refractivity contribution in [2.24, 2.45) is 0 Å². The number of rotatable bonds is 7. The summed E-state index contributed by atoms with van der Waals surface area (Å²) in [7, 11) is -4.14. The molecule has 0 aliphatic carbocycles. The SMILES string of the molecule is N#CCCN(Cc1cccnc1)S(=O)(=O)c1cccc(OC(F)(F)F)c1. The molecule has 6 nitrogen and oxygen atoms in total. The summed E-state index contributed by atoms with van der Waals surface area (Å²) in [6, 6.07) is 9.27. The third kappa shape index (κ3) is 5.44. The first-order chi connectivity index (χ1) is 12.2. The van der Waals surface area contributed by atoms with E-state index in [9.17, 15) is 21.6 Å². The number of hydrogen-bond acceptors (Lipinski definition) is 5. The molecule has 0 aliphatic heterocycles. The Morgan fingerprint density at radius 2 is 2.00 bits per heavy atom. The predicted octanol–water partition coefficient (Wildman–Crippen LogP) is 3.08. The Kier molecular flexibility index (Phi) is 6.18. The number of halogens is 3. The van der Waals surface area contributed by atoms with Crippen LogP contribution in [0, 0.1) is 11.3 Å². The summed E-state index contributed by atoms with van der Waals surface area (Å²) in [6.45, 7) is -0.180. The van der Waals surface area contributed by atoms with E-state index in [1.807, 2.05) is 6.07 Å². The van der Waals surface area contributed by atoms with Crippen LogP contribution in [0.2, 0.25) is 0 Å². The minimum Gasteiger partial charge on any atom is -0.406 e. The van der Waals surface area contributed by atoms with Gasteiger partial charge in [0.15, 0.2) is 0 Å². The summed E-state index contributed by atoms with van der Waals surface area (Å²) in [6.07, 6.45) is -2.01. The Bertz CT molecular complexity index is 881. The first-order valence-corrected chi connectivity index (χ1v) is 8.78. The molecule has 26 heavy (non-hydrogen) atoms. The topological polar surface area (TPSA) is 83.3 Å². The van der Waals surface area contributed by atoms with E-state index >= 15 is 0 Å². The van der Waals surface area contributed by atoms with Crippen molar-refractivity contribution in [3.63, 3.8) is 0 Å². The number of nitrogens with zero attached hydrogens (tertiary/aromatic N) is 3. The summed E-state index contributed by atoms with van der Waals surface area (Å²) < 4.78 is 67.5. The van der Waals surface area contributed by atoms with E-state index in [2.05, 4.69) is 9.72 Å². The lowest BCUT2D eigenvalue weighted by Crippen LogP contribution is -2.31. The minimum atomic E-state index is -4.93. The van der Waals surface area contributed by atoms with Crippen molar-refractivity contribution in [2.75, 3.05) is 6.54 Å².